The fourth-order valence-corrected chi connectivity index (χ4v) is 2.14. The van der Waals surface area contributed by atoms with Crippen LogP contribution in [0.5, 0.6) is 0 Å². The number of thiocarbonyl (C=S) groups is 1. The molecule has 0 saturated heterocycles. The predicted molar refractivity (Wildman–Crippen MR) is 111 cm³/mol. The third-order valence-corrected chi connectivity index (χ3v) is 3.91. The van der Waals surface area contributed by atoms with Crippen LogP contribution in [0.15, 0.2) is 47.6 Å². The second kappa shape index (κ2) is 13.6. The minimum atomic E-state index is -1.41. The van der Waals surface area contributed by atoms with E-state index in [0.717, 1.165) is 5.56 Å². The number of hydrogen-bond donors (Lipinski definition) is 2. The minimum absolute atomic E-state index is 0. The Balaban J connectivity index is -0.000000587. The third kappa shape index (κ3) is 8.69. The fourth-order valence-electron chi connectivity index (χ4n) is 1.24. The lowest BCUT2D eigenvalue weighted by molar-refractivity contribution is 0.686. The van der Waals surface area contributed by atoms with Crippen LogP contribution in [0.2, 0.25) is 0 Å². The van der Waals surface area contributed by atoms with Crippen LogP contribution >= 0.6 is 12.2 Å². The first-order valence-corrected chi connectivity index (χ1v) is 9.49. The van der Waals surface area contributed by atoms with Crippen molar-refractivity contribution in [3.05, 3.63) is 48.3 Å². The second-order valence-electron chi connectivity index (χ2n) is 4.33. The van der Waals surface area contributed by atoms with E-state index in [-0.39, 0.29) is 2.85 Å². The zero-order valence-electron chi connectivity index (χ0n) is 14.7. The number of nitrogens with zero attached hydrogens (tertiary/aromatic N) is 2. The van der Waals surface area contributed by atoms with Gasteiger partial charge in [-0.2, -0.15) is 0 Å². The number of nitrogens with one attached hydrogen (secondary N) is 1. The highest BCUT2D eigenvalue weighted by Crippen LogP contribution is 2.10. The summed E-state index contributed by atoms with van der Waals surface area (Å²) in [5.41, 5.74) is 6.22. The van der Waals surface area contributed by atoms with Gasteiger partial charge in [0.25, 0.3) is 0 Å². The van der Waals surface area contributed by atoms with Gasteiger partial charge in [0, 0.05) is 20.8 Å². The highest BCUT2D eigenvalue weighted by Gasteiger charge is 2.05. The Kier molecular flexibility index (Phi) is 12.5. The van der Waals surface area contributed by atoms with E-state index >= 15 is 0 Å². The van der Waals surface area contributed by atoms with Gasteiger partial charge in [-0.15, -0.1) is 0 Å². The van der Waals surface area contributed by atoms with Crippen molar-refractivity contribution in [2.75, 3.05) is 4.72 Å². The fraction of sp³-hybridized carbons (Fsp3) is 0.353. The molecule has 0 aliphatic heterocycles. The van der Waals surface area contributed by atoms with Gasteiger partial charge in [0.15, 0.2) is 11.0 Å². The molecular formula is C17H30N4OS2. The normalized spacial score (nSPS) is 10.3. The van der Waals surface area contributed by atoms with Gasteiger partial charge in [0.1, 0.15) is 4.99 Å². The molecule has 7 heteroatoms. The zero-order chi connectivity index (χ0) is 18.4. The van der Waals surface area contributed by atoms with E-state index in [0.29, 0.717) is 15.8 Å². The van der Waals surface area contributed by atoms with Crippen molar-refractivity contribution in [2.45, 2.75) is 45.4 Å². The molecule has 136 valence electrons. The number of aromatic nitrogens is 2. The summed E-state index contributed by atoms with van der Waals surface area (Å²) < 4.78 is 14.6. The van der Waals surface area contributed by atoms with Crippen LogP contribution < -0.4 is 10.5 Å². The zero-order valence-corrected chi connectivity index (χ0v) is 16.3. The number of nitrogens with two attached hydrogens (primary N) is 1. The molecule has 0 fully saturated rings. The standard InChI is InChI=1S/C11H10N4OS2.C4H10.C2H6.2H2/c12-10(17)8-2-4-9(5-3-8)18(16)15-11-13-6-1-7-14-11;1-3-4-2;1-2;;/h1-7H,(H2,12,17)(H,13,14,15);3-4H2,1-2H3;1-2H3;2*1H. The molecule has 2 aromatic rings. The van der Waals surface area contributed by atoms with E-state index in [2.05, 4.69) is 28.5 Å². The van der Waals surface area contributed by atoms with Crippen molar-refractivity contribution in [2.24, 2.45) is 5.73 Å². The summed E-state index contributed by atoms with van der Waals surface area (Å²) in [7, 11) is -1.41. The topological polar surface area (TPSA) is 80.9 Å². The SMILES string of the molecule is CC.CCCC.NC(=S)c1ccc(S(=O)Nc2ncccn2)cc1.[HH].[HH]. The van der Waals surface area contributed by atoms with Gasteiger partial charge in [0.05, 0.1) is 4.90 Å². The van der Waals surface area contributed by atoms with Crippen LogP contribution in [0.1, 0.15) is 49.0 Å². The Hall–Kier alpha value is -1.86. The molecule has 24 heavy (non-hydrogen) atoms. The van der Waals surface area contributed by atoms with E-state index in [4.69, 9.17) is 18.0 Å². The van der Waals surface area contributed by atoms with Crippen LogP contribution in [0.25, 0.3) is 0 Å². The monoisotopic (exact) mass is 370 g/mol. The molecule has 1 aromatic heterocycles. The molecule has 1 atom stereocenters. The summed E-state index contributed by atoms with van der Waals surface area (Å²) >= 11 is 4.84. The largest absolute Gasteiger partial charge is 0.389 e. The van der Waals surface area contributed by atoms with Gasteiger partial charge in [-0.3, -0.25) is 4.72 Å². The van der Waals surface area contributed by atoms with Gasteiger partial charge in [-0.25, -0.2) is 14.2 Å². The summed E-state index contributed by atoms with van der Waals surface area (Å²) in [5, 5.41) is 0. The highest BCUT2D eigenvalue weighted by atomic mass is 32.2. The molecule has 0 radical (unpaired) electrons. The molecule has 0 saturated carbocycles. The van der Waals surface area contributed by atoms with Crippen molar-refractivity contribution in [1.82, 2.24) is 9.97 Å². The predicted octanol–water partition coefficient (Wildman–Crippen LogP) is 4.57. The maximum absolute atomic E-state index is 12.0. The van der Waals surface area contributed by atoms with Crippen LogP contribution in [-0.2, 0) is 11.0 Å². The number of unbranched alkanes of at least 4 members (excludes halogenated alkanes) is 1. The maximum Gasteiger partial charge on any atom is 0.234 e. The maximum atomic E-state index is 12.0. The highest BCUT2D eigenvalue weighted by molar-refractivity contribution is 7.86. The van der Waals surface area contributed by atoms with Gasteiger partial charge in [-0.1, -0.05) is 64.9 Å². The van der Waals surface area contributed by atoms with E-state index in [1.54, 1.807) is 42.7 Å². The van der Waals surface area contributed by atoms with Crippen molar-refractivity contribution in [1.29, 1.82) is 0 Å². The average molecular weight is 371 g/mol. The molecule has 0 amide bonds. The van der Waals surface area contributed by atoms with E-state index in [9.17, 15) is 4.21 Å². The molecule has 0 bridgehead atoms. The Labute approximate surface area is 155 Å². The average Bonchev–Trinajstić information content (AvgIpc) is 2.64. The van der Waals surface area contributed by atoms with Gasteiger partial charge < -0.3 is 5.73 Å². The van der Waals surface area contributed by atoms with Gasteiger partial charge in [-0.05, 0) is 18.2 Å². The molecule has 0 aliphatic rings. The molecule has 5 nitrogen and oxygen atoms in total. The summed E-state index contributed by atoms with van der Waals surface area (Å²) in [6, 6.07) is 8.53. The lowest BCUT2D eigenvalue weighted by Crippen LogP contribution is -2.10. The Morgan fingerprint density at radius 3 is 2.08 bits per heavy atom. The summed E-state index contributed by atoms with van der Waals surface area (Å²) in [6.07, 6.45) is 5.78. The number of benzene rings is 1. The number of anilines is 1. The number of hydrogen-bond acceptors (Lipinski definition) is 4. The van der Waals surface area contributed by atoms with E-state index in [1.165, 1.54) is 12.8 Å². The lowest BCUT2D eigenvalue weighted by atomic mass is 10.2. The lowest BCUT2D eigenvalue weighted by Gasteiger charge is -2.04. The molecular weight excluding hydrogens is 340 g/mol. The smallest absolute Gasteiger partial charge is 0.234 e. The Morgan fingerprint density at radius 1 is 1.17 bits per heavy atom. The first-order chi connectivity index (χ1) is 11.6. The summed E-state index contributed by atoms with van der Waals surface area (Å²) in [4.78, 5) is 8.78. The van der Waals surface area contributed by atoms with Gasteiger partial charge in [0.2, 0.25) is 5.95 Å². The van der Waals surface area contributed by atoms with Crippen molar-refractivity contribution in [3.63, 3.8) is 0 Å². The number of rotatable bonds is 5. The van der Waals surface area contributed by atoms with E-state index in [1.807, 2.05) is 13.8 Å². The molecule has 1 unspecified atom stereocenters. The molecule has 2 rings (SSSR count). The molecule has 0 aliphatic carbocycles. The first-order valence-electron chi connectivity index (χ1n) is 7.93. The second-order valence-corrected chi connectivity index (χ2v) is 5.98. The van der Waals surface area contributed by atoms with Crippen LogP contribution in [0.3, 0.4) is 0 Å². The summed E-state index contributed by atoms with van der Waals surface area (Å²) in [6.45, 7) is 8.36. The van der Waals surface area contributed by atoms with Crippen LogP contribution in [0.4, 0.5) is 5.95 Å². The van der Waals surface area contributed by atoms with Crippen LogP contribution in [0, 0.1) is 0 Å². The first kappa shape index (κ1) is 22.1. The summed E-state index contributed by atoms with van der Waals surface area (Å²) in [5.74, 6) is 0.314. The molecule has 3 N–H and O–H groups in total. The van der Waals surface area contributed by atoms with Crippen molar-refractivity contribution < 1.29 is 7.06 Å². The van der Waals surface area contributed by atoms with E-state index < -0.39 is 11.0 Å². The Bertz CT molecular complexity index is 612. The molecule has 1 heterocycles. The van der Waals surface area contributed by atoms with Crippen molar-refractivity contribution in [3.8, 4) is 0 Å². The quantitative estimate of drug-likeness (QED) is 0.754. The molecule has 0 spiro atoms. The van der Waals surface area contributed by atoms with Crippen molar-refractivity contribution >= 4 is 34.1 Å². The minimum Gasteiger partial charge on any atom is -0.389 e. The Morgan fingerprint density at radius 2 is 1.67 bits per heavy atom. The van der Waals surface area contributed by atoms with Crippen LogP contribution in [-0.4, -0.2) is 19.2 Å². The van der Waals surface area contributed by atoms with Gasteiger partial charge >= 0.3 is 0 Å². The molecule has 1 aromatic carbocycles. The third-order valence-electron chi connectivity index (χ3n) is 2.60.